The third kappa shape index (κ3) is 1.81. The number of fused-ring (bicyclic) bond motifs is 1. The van der Waals surface area contributed by atoms with Gasteiger partial charge in [-0.25, -0.2) is 4.98 Å². The van der Waals surface area contributed by atoms with Crippen LogP contribution < -0.4 is 0 Å². The summed E-state index contributed by atoms with van der Waals surface area (Å²) in [5, 5.41) is 0. The Balaban J connectivity index is 1.82. The minimum absolute atomic E-state index is 0.615. The predicted molar refractivity (Wildman–Crippen MR) is 58.0 cm³/mol. The molecule has 82 valence electrons. The summed E-state index contributed by atoms with van der Waals surface area (Å²) in [5.41, 5.74) is 2.74. The SMILES string of the molecule is C1CCc2[nH]c(C3CCOCC3)nc2C1. The summed E-state index contributed by atoms with van der Waals surface area (Å²) in [5.74, 6) is 1.84. The van der Waals surface area contributed by atoms with Crippen LogP contribution in [0, 0.1) is 0 Å². The summed E-state index contributed by atoms with van der Waals surface area (Å²) >= 11 is 0. The molecule has 1 saturated heterocycles. The molecule has 3 heteroatoms. The number of ether oxygens (including phenoxy) is 1. The van der Waals surface area contributed by atoms with Crippen LogP contribution in [0.3, 0.4) is 0 Å². The van der Waals surface area contributed by atoms with Crippen LogP contribution in [0.5, 0.6) is 0 Å². The highest BCUT2D eigenvalue weighted by Crippen LogP contribution is 2.27. The number of aromatic amines is 1. The van der Waals surface area contributed by atoms with E-state index in [-0.39, 0.29) is 0 Å². The highest BCUT2D eigenvalue weighted by Gasteiger charge is 2.22. The molecule has 0 amide bonds. The van der Waals surface area contributed by atoms with Crippen molar-refractivity contribution in [3.8, 4) is 0 Å². The van der Waals surface area contributed by atoms with Crippen molar-refractivity contribution < 1.29 is 4.74 Å². The lowest BCUT2D eigenvalue weighted by Gasteiger charge is -2.19. The molecule has 1 aromatic heterocycles. The van der Waals surface area contributed by atoms with Crippen LogP contribution in [-0.2, 0) is 17.6 Å². The summed E-state index contributed by atoms with van der Waals surface area (Å²) in [6.07, 6.45) is 7.27. The van der Waals surface area contributed by atoms with Crippen LogP contribution in [0.1, 0.15) is 48.8 Å². The molecule has 0 unspecified atom stereocenters. The lowest BCUT2D eigenvalue weighted by atomic mass is 10.00. The van der Waals surface area contributed by atoms with Gasteiger partial charge < -0.3 is 9.72 Å². The minimum Gasteiger partial charge on any atom is -0.381 e. The Bertz CT molecular complexity index is 316. The maximum Gasteiger partial charge on any atom is 0.109 e. The van der Waals surface area contributed by atoms with Crippen LogP contribution in [0.2, 0.25) is 0 Å². The van der Waals surface area contributed by atoms with Gasteiger partial charge in [-0.15, -0.1) is 0 Å². The van der Waals surface area contributed by atoms with E-state index in [0.29, 0.717) is 5.92 Å². The smallest absolute Gasteiger partial charge is 0.109 e. The molecule has 3 rings (SSSR count). The topological polar surface area (TPSA) is 37.9 Å². The maximum absolute atomic E-state index is 5.38. The lowest BCUT2D eigenvalue weighted by Crippen LogP contribution is -2.15. The Labute approximate surface area is 90.2 Å². The third-order valence-electron chi connectivity index (χ3n) is 3.58. The zero-order valence-corrected chi connectivity index (χ0v) is 9.09. The normalized spacial score (nSPS) is 22.7. The van der Waals surface area contributed by atoms with Crippen molar-refractivity contribution in [3.05, 3.63) is 17.2 Å². The van der Waals surface area contributed by atoms with Gasteiger partial charge in [0.05, 0.1) is 5.69 Å². The number of nitrogens with one attached hydrogen (secondary N) is 1. The molecule has 3 nitrogen and oxygen atoms in total. The quantitative estimate of drug-likeness (QED) is 0.764. The Morgan fingerprint density at radius 3 is 2.73 bits per heavy atom. The molecule has 15 heavy (non-hydrogen) atoms. The first-order chi connectivity index (χ1) is 7.43. The van der Waals surface area contributed by atoms with Gasteiger partial charge in [-0.1, -0.05) is 0 Å². The fourth-order valence-corrected chi connectivity index (χ4v) is 2.64. The van der Waals surface area contributed by atoms with Gasteiger partial charge in [0.1, 0.15) is 5.82 Å². The molecule has 1 aliphatic heterocycles. The van der Waals surface area contributed by atoms with Crippen molar-refractivity contribution >= 4 is 0 Å². The van der Waals surface area contributed by atoms with Gasteiger partial charge in [0.25, 0.3) is 0 Å². The molecule has 0 radical (unpaired) electrons. The van der Waals surface area contributed by atoms with E-state index in [1.807, 2.05) is 0 Å². The number of imidazole rings is 1. The molecule has 0 bridgehead atoms. The Morgan fingerprint density at radius 2 is 1.93 bits per heavy atom. The summed E-state index contributed by atoms with van der Waals surface area (Å²) in [4.78, 5) is 8.30. The van der Waals surface area contributed by atoms with Gasteiger partial charge in [0, 0.05) is 24.8 Å². The number of hydrogen-bond acceptors (Lipinski definition) is 2. The Kier molecular flexibility index (Phi) is 2.49. The largest absolute Gasteiger partial charge is 0.381 e. The van der Waals surface area contributed by atoms with Gasteiger partial charge in [0.15, 0.2) is 0 Å². The second-order valence-electron chi connectivity index (χ2n) is 4.64. The molecule has 1 N–H and O–H groups in total. The number of hydrogen-bond donors (Lipinski definition) is 1. The standard InChI is InChI=1S/C12H18N2O/c1-2-4-11-10(3-1)13-12(14-11)9-5-7-15-8-6-9/h9H,1-8H2,(H,13,14). The van der Waals surface area contributed by atoms with Crippen molar-refractivity contribution in [3.63, 3.8) is 0 Å². The molecule has 1 aromatic rings. The molecular weight excluding hydrogens is 188 g/mol. The van der Waals surface area contributed by atoms with Crippen LogP contribution in [-0.4, -0.2) is 23.2 Å². The molecular formula is C12H18N2O. The number of H-pyrrole nitrogens is 1. The average Bonchev–Trinajstić information content (AvgIpc) is 2.74. The van der Waals surface area contributed by atoms with E-state index in [2.05, 4.69) is 4.98 Å². The average molecular weight is 206 g/mol. The lowest BCUT2D eigenvalue weighted by molar-refractivity contribution is 0.0837. The molecule has 1 fully saturated rings. The van der Waals surface area contributed by atoms with Crippen molar-refractivity contribution in [2.45, 2.75) is 44.4 Å². The first kappa shape index (κ1) is 9.40. The van der Waals surface area contributed by atoms with Crippen molar-refractivity contribution in [1.29, 1.82) is 0 Å². The van der Waals surface area contributed by atoms with Crippen molar-refractivity contribution in [2.24, 2.45) is 0 Å². The summed E-state index contributed by atoms with van der Waals surface area (Å²) in [6.45, 7) is 1.80. The second-order valence-corrected chi connectivity index (χ2v) is 4.64. The van der Waals surface area contributed by atoms with Crippen molar-refractivity contribution in [2.75, 3.05) is 13.2 Å². The van der Waals surface area contributed by atoms with E-state index in [1.165, 1.54) is 42.9 Å². The first-order valence-electron chi connectivity index (χ1n) is 6.09. The number of nitrogens with zero attached hydrogens (tertiary/aromatic N) is 1. The summed E-state index contributed by atoms with van der Waals surface area (Å²) in [7, 11) is 0. The zero-order valence-electron chi connectivity index (χ0n) is 9.09. The minimum atomic E-state index is 0.615. The molecule has 1 aliphatic carbocycles. The van der Waals surface area contributed by atoms with E-state index < -0.39 is 0 Å². The number of aryl methyl sites for hydroxylation is 2. The summed E-state index contributed by atoms with van der Waals surface area (Å²) in [6, 6.07) is 0. The van der Waals surface area contributed by atoms with Gasteiger partial charge in [-0.3, -0.25) is 0 Å². The van der Waals surface area contributed by atoms with E-state index in [1.54, 1.807) is 0 Å². The van der Waals surface area contributed by atoms with E-state index in [0.717, 1.165) is 26.1 Å². The zero-order chi connectivity index (χ0) is 10.1. The monoisotopic (exact) mass is 206 g/mol. The Hall–Kier alpha value is -0.830. The van der Waals surface area contributed by atoms with Crippen molar-refractivity contribution in [1.82, 2.24) is 9.97 Å². The van der Waals surface area contributed by atoms with E-state index >= 15 is 0 Å². The van der Waals surface area contributed by atoms with Crippen LogP contribution in [0.25, 0.3) is 0 Å². The molecule has 0 atom stereocenters. The molecule has 0 spiro atoms. The Morgan fingerprint density at radius 1 is 1.13 bits per heavy atom. The third-order valence-corrected chi connectivity index (χ3v) is 3.58. The second kappa shape index (κ2) is 3.97. The van der Waals surface area contributed by atoms with Gasteiger partial charge in [0.2, 0.25) is 0 Å². The molecule has 2 aliphatic rings. The molecule has 0 aromatic carbocycles. The number of aromatic nitrogens is 2. The number of rotatable bonds is 1. The van der Waals surface area contributed by atoms with Gasteiger partial charge in [-0.05, 0) is 38.5 Å². The highest BCUT2D eigenvalue weighted by molar-refractivity contribution is 5.19. The fraction of sp³-hybridized carbons (Fsp3) is 0.750. The van der Waals surface area contributed by atoms with Gasteiger partial charge in [-0.2, -0.15) is 0 Å². The molecule has 2 heterocycles. The van der Waals surface area contributed by atoms with Crippen LogP contribution in [0.4, 0.5) is 0 Å². The summed E-state index contributed by atoms with van der Waals surface area (Å²) < 4.78 is 5.38. The van der Waals surface area contributed by atoms with E-state index in [9.17, 15) is 0 Å². The van der Waals surface area contributed by atoms with Crippen LogP contribution in [0.15, 0.2) is 0 Å². The van der Waals surface area contributed by atoms with E-state index in [4.69, 9.17) is 9.72 Å². The predicted octanol–water partition coefficient (Wildman–Crippen LogP) is 2.18. The maximum atomic E-state index is 5.38. The highest BCUT2D eigenvalue weighted by atomic mass is 16.5. The van der Waals surface area contributed by atoms with Crippen LogP contribution >= 0.6 is 0 Å². The molecule has 0 saturated carbocycles. The first-order valence-corrected chi connectivity index (χ1v) is 6.09. The van der Waals surface area contributed by atoms with Gasteiger partial charge >= 0.3 is 0 Å². The fourth-order valence-electron chi connectivity index (χ4n) is 2.64.